The van der Waals surface area contributed by atoms with E-state index in [2.05, 4.69) is 15.2 Å². The van der Waals surface area contributed by atoms with Gasteiger partial charge in [0.15, 0.2) is 11.5 Å². The number of halogens is 3. The molecule has 0 N–H and O–H groups in total. The Morgan fingerprint density at radius 2 is 1.83 bits per heavy atom. The normalized spacial score (nSPS) is 11.1. The minimum atomic E-state index is 0.360. The molecule has 18 heavy (non-hydrogen) atoms. The average Bonchev–Trinajstić information content (AvgIpc) is 2.75. The summed E-state index contributed by atoms with van der Waals surface area (Å²) in [6, 6.07) is 6.78. The molecular weight excluding hydrogens is 295 g/mol. The minimum Gasteiger partial charge on any atom is -0.265 e. The van der Waals surface area contributed by atoms with Gasteiger partial charge in [0.2, 0.25) is 0 Å². The molecule has 0 fully saturated rings. The van der Waals surface area contributed by atoms with Crippen molar-refractivity contribution in [3.63, 3.8) is 0 Å². The Labute approximate surface area is 117 Å². The van der Waals surface area contributed by atoms with Crippen LogP contribution in [0.25, 0.3) is 17.0 Å². The lowest BCUT2D eigenvalue weighted by Crippen LogP contribution is -1.91. The van der Waals surface area contributed by atoms with Crippen molar-refractivity contribution in [3.8, 4) is 11.4 Å². The number of hydrogen-bond acceptors (Lipinski definition) is 3. The lowest BCUT2D eigenvalue weighted by atomic mass is 10.2. The highest BCUT2D eigenvalue weighted by atomic mass is 35.5. The van der Waals surface area contributed by atoms with Crippen molar-refractivity contribution in [3.05, 3.63) is 45.8 Å². The van der Waals surface area contributed by atoms with Crippen molar-refractivity contribution >= 4 is 40.4 Å². The molecule has 2 aromatic heterocycles. The molecule has 0 saturated heterocycles. The Morgan fingerprint density at radius 3 is 2.67 bits per heavy atom. The predicted octanol–water partition coefficient (Wildman–Crippen LogP) is 3.75. The first kappa shape index (κ1) is 11.7. The lowest BCUT2D eigenvalue weighted by molar-refractivity contribution is 1.08. The van der Waals surface area contributed by atoms with Crippen LogP contribution in [-0.2, 0) is 0 Å². The van der Waals surface area contributed by atoms with Gasteiger partial charge in [-0.05, 0) is 18.2 Å². The maximum atomic E-state index is 6.13. The molecule has 0 aliphatic carbocycles. The van der Waals surface area contributed by atoms with E-state index in [9.17, 15) is 0 Å². The Hall–Kier alpha value is -1.36. The van der Waals surface area contributed by atoms with Crippen LogP contribution in [0.3, 0.4) is 0 Å². The fourth-order valence-corrected chi connectivity index (χ4v) is 2.14. The molecule has 2 heterocycles. The molecule has 0 amide bonds. The molecule has 1 aromatic carbocycles. The molecule has 0 aliphatic rings. The second kappa shape index (κ2) is 4.39. The predicted molar refractivity (Wildman–Crippen MR) is 71.2 cm³/mol. The average molecular weight is 300 g/mol. The molecule has 0 bridgehead atoms. The highest BCUT2D eigenvalue weighted by Crippen LogP contribution is 2.29. The Balaban J connectivity index is 2.28. The van der Waals surface area contributed by atoms with Crippen LogP contribution >= 0.6 is 34.8 Å². The van der Waals surface area contributed by atoms with E-state index in [4.69, 9.17) is 34.8 Å². The van der Waals surface area contributed by atoms with Gasteiger partial charge in [0, 0.05) is 16.7 Å². The van der Waals surface area contributed by atoms with Crippen molar-refractivity contribution in [2.75, 3.05) is 0 Å². The summed E-state index contributed by atoms with van der Waals surface area (Å²) in [4.78, 5) is 3.99. The van der Waals surface area contributed by atoms with E-state index in [-0.39, 0.29) is 0 Å². The summed E-state index contributed by atoms with van der Waals surface area (Å²) in [6.07, 6.45) is 1.55. The molecule has 0 unspecified atom stereocenters. The van der Waals surface area contributed by atoms with E-state index < -0.39 is 0 Å². The molecule has 4 nitrogen and oxygen atoms in total. The van der Waals surface area contributed by atoms with Crippen molar-refractivity contribution in [1.29, 1.82) is 0 Å². The molecule has 0 spiro atoms. The summed E-state index contributed by atoms with van der Waals surface area (Å²) >= 11 is 17.9. The topological polar surface area (TPSA) is 43.1 Å². The van der Waals surface area contributed by atoms with E-state index in [0.29, 0.717) is 32.2 Å². The van der Waals surface area contributed by atoms with Crippen LogP contribution in [0.1, 0.15) is 0 Å². The van der Waals surface area contributed by atoms with Crippen LogP contribution in [-0.4, -0.2) is 19.6 Å². The summed E-state index contributed by atoms with van der Waals surface area (Å²) in [5.74, 6) is 0.571. The molecule has 7 heteroatoms. The Kier molecular flexibility index (Phi) is 2.86. The second-order valence-electron chi connectivity index (χ2n) is 3.59. The van der Waals surface area contributed by atoms with E-state index in [0.717, 1.165) is 0 Å². The zero-order valence-electron chi connectivity index (χ0n) is 8.81. The van der Waals surface area contributed by atoms with E-state index >= 15 is 0 Å². The number of benzene rings is 1. The van der Waals surface area contributed by atoms with Crippen LogP contribution < -0.4 is 0 Å². The number of hydrogen-bond donors (Lipinski definition) is 0. The number of aromatic nitrogens is 4. The third kappa shape index (κ3) is 1.92. The summed E-state index contributed by atoms with van der Waals surface area (Å²) < 4.78 is 1.70. The van der Waals surface area contributed by atoms with Gasteiger partial charge >= 0.3 is 0 Å². The lowest BCUT2D eigenvalue weighted by Gasteiger charge is -2.03. The standard InChI is InChI=1S/C11H5Cl3N4/c12-6-1-2-8(13)7(3-6)11-17-16-10-4-9(14)15-5-18(10)11/h1-5H. The SMILES string of the molecule is Clc1ccc(Cl)c(-c2nnc3cc(Cl)ncn23)c1. The summed E-state index contributed by atoms with van der Waals surface area (Å²) in [5.41, 5.74) is 1.29. The van der Waals surface area contributed by atoms with Gasteiger partial charge in [-0.15, -0.1) is 10.2 Å². The summed E-state index contributed by atoms with van der Waals surface area (Å²) in [5, 5.41) is 9.58. The van der Waals surface area contributed by atoms with Crippen LogP contribution in [0.2, 0.25) is 15.2 Å². The van der Waals surface area contributed by atoms with Gasteiger partial charge in [-0.1, -0.05) is 34.8 Å². The van der Waals surface area contributed by atoms with Gasteiger partial charge < -0.3 is 0 Å². The van der Waals surface area contributed by atoms with Crippen molar-refractivity contribution in [1.82, 2.24) is 19.6 Å². The number of fused-ring (bicyclic) bond motifs is 1. The first-order chi connectivity index (χ1) is 8.65. The van der Waals surface area contributed by atoms with Crippen molar-refractivity contribution < 1.29 is 0 Å². The third-order valence-corrected chi connectivity index (χ3v) is 3.21. The first-order valence-corrected chi connectivity index (χ1v) is 6.10. The highest BCUT2D eigenvalue weighted by Gasteiger charge is 2.12. The Morgan fingerprint density at radius 1 is 1.00 bits per heavy atom. The smallest absolute Gasteiger partial charge is 0.171 e. The monoisotopic (exact) mass is 298 g/mol. The fraction of sp³-hybridized carbons (Fsp3) is 0. The van der Waals surface area contributed by atoms with Gasteiger partial charge in [-0.25, -0.2) is 4.98 Å². The van der Waals surface area contributed by atoms with Crippen molar-refractivity contribution in [2.45, 2.75) is 0 Å². The molecule has 0 radical (unpaired) electrons. The van der Waals surface area contributed by atoms with Gasteiger partial charge in [0.25, 0.3) is 0 Å². The van der Waals surface area contributed by atoms with E-state index in [1.807, 2.05) is 0 Å². The first-order valence-electron chi connectivity index (χ1n) is 4.97. The van der Waals surface area contributed by atoms with Crippen LogP contribution in [0, 0.1) is 0 Å². The van der Waals surface area contributed by atoms with Gasteiger partial charge in [0.1, 0.15) is 11.5 Å². The van der Waals surface area contributed by atoms with E-state index in [1.54, 1.807) is 35.0 Å². The fourth-order valence-electron chi connectivity index (χ4n) is 1.62. The van der Waals surface area contributed by atoms with Crippen LogP contribution in [0.5, 0.6) is 0 Å². The summed E-state index contributed by atoms with van der Waals surface area (Å²) in [6.45, 7) is 0. The van der Waals surface area contributed by atoms with Crippen molar-refractivity contribution in [2.24, 2.45) is 0 Å². The van der Waals surface area contributed by atoms with Crippen LogP contribution in [0.4, 0.5) is 0 Å². The molecular formula is C11H5Cl3N4. The molecule has 0 saturated carbocycles. The maximum Gasteiger partial charge on any atom is 0.171 e. The number of nitrogens with zero attached hydrogens (tertiary/aromatic N) is 4. The quantitative estimate of drug-likeness (QED) is 0.643. The molecule has 3 aromatic rings. The van der Waals surface area contributed by atoms with Gasteiger partial charge in [0.05, 0.1) is 5.02 Å². The second-order valence-corrected chi connectivity index (χ2v) is 4.82. The zero-order valence-corrected chi connectivity index (χ0v) is 11.1. The largest absolute Gasteiger partial charge is 0.265 e. The van der Waals surface area contributed by atoms with Crippen LogP contribution in [0.15, 0.2) is 30.6 Å². The molecule has 0 atom stereocenters. The maximum absolute atomic E-state index is 6.13. The minimum absolute atomic E-state index is 0.360. The van der Waals surface area contributed by atoms with Gasteiger partial charge in [-0.3, -0.25) is 4.40 Å². The zero-order chi connectivity index (χ0) is 12.7. The number of rotatable bonds is 1. The highest BCUT2D eigenvalue weighted by molar-refractivity contribution is 6.35. The van der Waals surface area contributed by atoms with Gasteiger partial charge in [-0.2, -0.15) is 0 Å². The molecule has 90 valence electrons. The molecule has 0 aliphatic heterocycles. The Bertz CT molecular complexity index is 738. The summed E-state index contributed by atoms with van der Waals surface area (Å²) in [7, 11) is 0. The molecule has 3 rings (SSSR count). The van der Waals surface area contributed by atoms with E-state index in [1.165, 1.54) is 0 Å². The third-order valence-electron chi connectivity index (χ3n) is 2.44.